The molecular formula is C26H26N2O2. The van der Waals surface area contributed by atoms with Crippen molar-refractivity contribution in [2.75, 3.05) is 11.4 Å². The lowest BCUT2D eigenvalue weighted by atomic mass is 10.1. The van der Waals surface area contributed by atoms with Crippen LogP contribution in [0.15, 0.2) is 79.0 Å². The van der Waals surface area contributed by atoms with E-state index in [0.717, 1.165) is 40.8 Å². The third kappa shape index (κ3) is 3.94. The fraction of sp³-hybridized carbons (Fsp3) is 0.192. The molecule has 4 aromatic rings. The molecule has 30 heavy (non-hydrogen) atoms. The maximum Gasteiger partial charge on any atom is 0.307 e. The Morgan fingerprint density at radius 2 is 1.73 bits per heavy atom. The van der Waals surface area contributed by atoms with Gasteiger partial charge in [-0.2, -0.15) is 0 Å². The van der Waals surface area contributed by atoms with Crippen LogP contribution in [-0.4, -0.2) is 22.2 Å². The van der Waals surface area contributed by atoms with Gasteiger partial charge in [-0.1, -0.05) is 48.5 Å². The average molecular weight is 399 g/mol. The van der Waals surface area contributed by atoms with E-state index >= 15 is 0 Å². The number of rotatable bonds is 7. The minimum Gasteiger partial charge on any atom is -0.481 e. The molecular weight excluding hydrogens is 372 g/mol. The Labute approximate surface area is 177 Å². The average Bonchev–Trinajstić information content (AvgIpc) is 3.10. The van der Waals surface area contributed by atoms with Crippen molar-refractivity contribution in [3.63, 3.8) is 0 Å². The molecule has 0 atom stereocenters. The van der Waals surface area contributed by atoms with E-state index in [4.69, 9.17) is 0 Å². The van der Waals surface area contributed by atoms with E-state index in [0.29, 0.717) is 0 Å². The number of carboxylic acids is 1. The highest BCUT2D eigenvalue weighted by atomic mass is 16.4. The van der Waals surface area contributed by atoms with Crippen LogP contribution in [0.4, 0.5) is 5.69 Å². The molecule has 0 aliphatic rings. The van der Waals surface area contributed by atoms with Crippen LogP contribution in [0.25, 0.3) is 16.6 Å². The first-order chi connectivity index (χ1) is 14.6. The predicted octanol–water partition coefficient (Wildman–Crippen LogP) is 5.59. The van der Waals surface area contributed by atoms with E-state index in [1.54, 1.807) is 0 Å². The molecule has 152 valence electrons. The summed E-state index contributed by atoms with van der Waals surface area (Å²) >= 11 is 0. The number of aryl methyl sites for hydroxylation is 1. The number of anilines is 1. The molecule has 0 spiro atoms. The zero-order chi connectivity index (χ0) is 21.1. The summed E-state index contributed by atoms with van der Waals surface area (Å²) < 4.78 is 2.11. The van der Waals surface area contributed by atoms with E-state index in [2.05, 4.69) is 65.8 Å². The van der Waals surface area contributed by atoms with Gasteiger partial charge in [0.05, 0.1) is 11.9 Å². The quantitative estimate of drug-likeness (QED) is 0.441. The Bertz CT molecular complexity index is 1180. The maximum atomic E-state index is 11.3. The Morgan fingerprint density at radius 3 is 2.43 bits per heavy atom. The highest BCUT2D eigenvalue weighted by Gasteiger charge is 2.14. The van der Waals surface area contributed by atoms with E-state index in [9.17, 15) is 9.90 Å². The van der Waals surface area contributed by atoms with Crippen LogP contribution in [0.2, 0.25) is 0 Å². The van der Waals surface area contributed by atoms with Crippen LogP contribution in [0, 0.1) is 6.92 Å². The summed E-state index contributed by atoms with van der Waals surface area (Å²) in [5.74, 6) is -0.815. The number of aromatic nitrogens is 1. The summed E-state index contributed by atoms with van der Waals surface area (Å²) in [4.78, 5) is 13.7. The van der Waals surface area contributed by atoms with Crippen molar-refractivity contribution in [2.45, 2.75) is 26.8 Å². The maximum absolute atomic E-state index is 11.3. The van der Waals surface area contributed by atoms with Gasteiger partial charge in [-0.25, -0.2) is 0 Å². The molecule has 3 aromatic carbocycles. The third-order valence-corrected chi connectivity index (χ3v) is 5.54. The molecule has 4 heteroatoms. The molecule has 1 N–H and O–H groups in total. The molecule has 0 amide bonds. The van der Waals surface area contributed by atoms with Crippen LogP contribution < -0.4 is 4.90 Å². The van der Waals surface area contributed by atoms with Crippen LogP contribution in [-0.2, 0) is 17.8 Å². The van der Waals surface area contributed by atoms with Gasteiger partial charge in [0.2, 0.25) is 0 Å². The molecule has 1 aromatic heterocycles. The number of para-hydroxylation sites is 1. The zero-order valence-corrected chi connectivity index (χ0v) is 17.4. The molecule has 4 rings (SSSR count). The second-order valence-electron chi connectivity index (χ2n) is 7.58. The third-order valence-electron chi connectivity index (χ3n) is 5.54. The first-order valence-corrected chi connectivity index (χ1v) is 10.3. The normalized spacial score (nSPS) is 11.0. The number of hydrogen-bond donors (Lipinski definition) is 1. The van der Waals surface area contributed by atoms with Gasteiger partial charge in [0, 0.05) is 36.0 Å². The summed E-state index contributed by atoms with van der Waals surface area (Å²) in [5.41, 5.74) is 6.56. The minimum absolute atomic E-state index is 0.0192. The topological polar surface area (TPSA) is 45.5 Å². The lowest BCUT2D eigenvalue weighted by molar-refractivity contribution is -0.136. The standard InChI is InChI=1S/C26H26N2O2/c1-3-27(17-20-9-5-4-6-10-20)22-13-14-24(19(2)15-22)28-18-21(16-26(29)30)23-11-7-8-12-25(23)28/h4-15,18H,3,16-17H2,1-2H3,(H,29,30). The number of fused-ring (bicyclic) bond motifs is 1. The van der Waals surface area contributed by atoms with Crippen molar-refractivity contribution < 1.29 is 9.90 Å². The lowest BCUT2D eigenvalue weighted by Crippen LogP contribution is -2.22. The minimum atomic E-state index is -0.815. The van der Waals surface area contributed by atoms with Crippen molar-refractivity contribution in [1.29, 1.82) is 0 Å². The van der Waals surface area contributed by atoms with E-state index < -0.39 is 5.97 Å². The van der Waals surface area contributed by atoms with E-state index in [-0.39, 0.29) is 6.42 Å². The molecule has 4 nitrogen and oxygen atoms in total. The van der Waals surface area contributed by atoms with Gasteiger partial charge >= 0.3 is 5.97 Å². The summed E-state index contributed by atoms with van der Waals surface area (Å²) in [6.45, 7) is 6.07. The van der Waals surface area contributed by atoms with Gasteiger partial charge in [0.1, 0.15) is 0 Å². The van der Waals surface area contributed by atoms with Crippen molar-refractivity contribution in [2.24, 2.45) is 0 Å². The number of hydrogen-bond acceptors (Lipinski definition) is 2. The zero-order valence-electron chi connectivity index (χ0n) is 17.4. The fourth-order valence-corrected chi connectivity index (χ4v) is 4.05. The monoisotopic (exact) mass is 398 g/mol. The van der Waals surface area contributed by atoms with Gasteiger partial charge < -0.3 is 14.6 Å². The van der Waals surface area contributed by atoms with Gasteiger partial charge in [-0.3, -0.25) is 4.79 Å². The molecule has 0 bridgehead atoms. The van der Waals surface area contributed by atoms with Crippen LogP contribution in [0.3, 0.4) is 0 Å². The summed E-state index contributed by atoms with van der Waals surface area (Å²) in [6, 6.07) is 25.0. The van der Waals surface area contributed by atoms with Gasteiger partial charge in [-0.15, -0.1) is 0 Å². The molecule has 0 unspecified atom stereocenters. The fourth-order valence-electron chi connectivity index (χ4n) is 4.05. The second kappa shape index (κ2) is 8.46. The molecule has 0 aliphatic carbocycles. The molecule has 0 saturated heterocycles. The Hall–Kier alpha value is -3.53. The summed E-state index contributed by atoms with van der Waals surface area (Å²) in [5, 5.41) is 10.3. The van der Waals surface area contributed by atoms with Gasteiger partial charge in [0.25, 0.3) is 0 Å². The molecule has 0 saturated carbocycles. The van der Waals surface area contributed by atoms with Gasteiger partial charge in [-0.05, 0) is 54.8 Å². The van der Waals surface area contributed by atoms with Crippen molar-refractivity contribution in [1.82, 2.24) is 4.57 Å². The smallest absolute Gasteiger partial charge is 0.307 e. The summed E-state index contributed by atoms with van der Waals surface area (Å²) in [6.07, 6.45) is 1.98. The number of benzene rings is 3. The van der Waals surface area contributed by atoms with Crippen molar-refractivity contribution in [3.8, 4) is 5.69 Å². The van der Waals surface area contributed by atoms with Crippen molar-refractivity contribution >= 4 is 22.6 Å². The van der Waals surface area contributed by atoms with Crippen LogP contribution in [0.1, 0.15) is 23.6 Å². The first kappa shape index (κ1) is 19.8. The van der Waals surface area contributed by atoms with E-state index in [1.165, 1.54) is 11.3 Å². The highest BCUT2D eigenvalue weighted by molar-refractivity contribution is 5.89. The number of carboxylic acid groups (broad SMARTS) is 1. The van der Waals surface area contributed by atoms with Crippen LogP contribution in [0.5, 0.6) is 0 Å². The second-order valence-corrected chi connectivity index (χ2v) is 7.58. The molecule has 0 aliphatic heterocycles. The SMILES string of the molecule is CCN(Cc1ccccc1)c1ccc(-n2cc(CC(=O)O)c3ccccc32)c(C)c1. The Kier molecular flexibility index (Phi) is 5.57. The number of carbonyl (C=O) groups is 1. The largest absolute Gasteiger partial charge is 0.481 e. The Morgan fingerprint density at radius 1 is 1.00 bits per heavy atom. The lowest BCUT2D eigenvalue weighted by Gasteiger charge is -2.24. The van der Waals surface area contributed by atoms with Crippen LogP contribution >= 0.6 is 0 Å². The number of nitrogens with zero attached hydrogens (tertiary/aromatic N) is 2. The molecule has 0 fully saturated rings. The van der Waals surface area contributed by atoms with E-state index in [1.807, 2.05) is 36.5 Å². The number of aliphatic carboxylic acids is 1. The molecule has 0 radical (unpaired) electrons. The molecule has 1 heterocycles. The summed E-state index contributed by atoms with van der Waals surface area (Å²) in [7, 11) is 0. The predicted molar refractivity (Wildman–Crippen MR) is 123 cm³/mol. The highest BCUT2D eigenvalue weighted by Crippen LogP contribution is 2.29. The Balaban J connectivity index is 1.71. The first-order valence-electron chi connectivity index (χ1n) is 10.3. The van der Waals surface area contributed by atoms with Crippen molar-refractivity contribution in [3.05, 3.63) is 95.7 Å². The van der Waals surface area contributed by atoms with Gasteiger partial charge in [0.15, 0.2) is 0 Å².